The molecule has 1 aromatic carbocycles. The van der Waals surface area contributed by atoms with Crippen LogP contribution in [0.1, 0.15) is 31.7 Å². The molecule has 3 rings (SSSR count). The van der Waals surface area contributed by atoms with Gasteiger partial charge in [0, 0.05) is 11.7 Å². The van der Waals surface area contributed by atoms with Gasteiger partial charge in [-0.15, -0.1) is 0 Å². The van der Waals surface area contributed by atoms with Crippen LogP contribution in [0.5, 0.6) is 0 Å². The Morgan fingerprint density at radius 1 is 1.32 bits per heavy atom. The Bertz CT molecular complexity index is 485. The van der Waals surface area contributed by atoms with E-state index in [0.717, 1.165) is 18.5 Å². The highest BCUT2D eigenvalue weighted by atomic mass is 16.2. The first-order valence-electron chi connectivity index (χ1n) is 7.30. The minimum Gasteiger partial charge on any atom is -0.330 e. The third-order valence-electron chi connectivity index (χ3n) is 4.71. The van der Waals surface area contributed by atoms with Crippen molar-refractivity contribution in [3.63, 3.8) is 0 Å². The summed E-state index contributed by atoms with van der Waals surface area (Å²) in [4.78, 5) is 14.4. The van der Waals surface area contributed by atoms with Crippen molar-refractivity contribution in [3.8, 4) is 0 Å². The van der Waals surface area contributed by atoms with Crippen LogP contribution in [0.15, 0.2) is 24.3 Å². The van der Waals surface area contributed by atoms with Gasteiger partial charge in [-0.25, -0.2) is 0 Å². The lowest BCUT2D eigenvalue weighted by Gasteiger charge is -2.40. The summed E-state index contributed by atoms with van der Waals surface area (Å²) in [6, 6.07) is 8.47. The zero-order chi connectivity index (χ0) is 13.4. The molecule has 0 spiro atoms. The molecule has 19 heavy (non-hydrogen) atoms. The van der Waals surface area contributed by atoms with Crippen molar-refractivity contribution in [2.45, 2.75) is 38.6 Å². The summed E-state index contributed by atoms with van der Waals surface area (Å²) in [6.45, 7) is 2.97. The summed E-state index contributed by atoms with van der Waals surface area (Å²) in [5.74, 6) is 1.39. The summed E-state index contributed by atoms with van der Waals surface area (Å²) in [5, 5.41) is 0. The van der Waals surface area contributed by atoms with Gasteiger partial charge in [-0.2, -0.15) is 0 Å². The monoisotopic (exact) mass is 258 g/mol. The molecule has 3 heteroatoms. The van der Waals surface area contributed by atoms with Crippen LogP contribution in [-0.4, -0.2) is 18.5 Å². The summed E-state index contributed by atoms with van der Waals surface area (Å²) < 4.78 is 0. The zero-order valence-electron chi connectivity index (χ0n) is 11.5. The number of carbonyl (C=O) groups excluding carboxylic acids is 1. The molecule has 0 aromatic heterocycles. The van der Waals surface area contributed by atoms with Crippen molar-refractivity contribution < 1.29 is 4.79 Å². The highest BCUT2D eigenvalue weighted by molar-refractivity contribution is 6.01. The van der Waals surface area contributed by atoms with Gasteiger partial charge in [0.15, 0.2) is 0 Å². The van der Waals surface area contributed by atoms with E-state index in [4.69, 9.17) is 5.73 Å². The second-order valence-corrected chi connectivity index (χ2v) is 6.05. The van der Waals surface area contributed by atoms with Crippen LogP contribution in [-0.2, 0) is 11.2 Å². The highest BCUT2D eigenvalue weighted by Gasteiger charge is 2.39. The molecule has 2 N–H and O–H groups in total. The van der Waals surface area contributed by atoms with Crippen LogP contribution in [0, 0.1) is 11.8 Å². The van der Waals surface area contributed by atoms with Gasteiger partial charge in [0.05, 0.1) is 6.42 Å². The van der Waals surface area contributed by atoms with Crippen LogP contribution in [0.25, 0.3) is 0 Å². The van der Waals surface area contributed by atoms with Gasteiger partial charge in [-0.3, -0.25) is 4.79 Å². The minimum atomic E-state index is 0.249. The highest BCUT2D eigenvalue weighted by Crippen LogP contribution is 2.38. The number of fused-ring (bicyclic) bond motifs is 1. The lowest BCUT2D eigenvalue weighted by molar-refractivity contribution is -0.118. The number of hydrogen-bond donors (Lipinski definition) is 1. The first-order valence-corrected chi connectivity index (χ1v) is 7.30. The average Bonchev–Trinajstić information content (AvgIpc) is 2.74. The molecule has 1 saturated carbocycles. The van der Waals surface area contributed by atoms with Gasteiger partial charge < -0.3 is 10.6 Å². The maximum absolute atomic E-state index is 12.4. The first kappa shape index (κ1) is 12.7. The van der Waals surface area contributed by atoms with Crippen LogP contribution in [0.3, 0.4) is 0 Å². The molecular formula is C16H22N2O. The topological polar surface area (TPSA) is 46.3 Å². The van der Waals surface area contributed by atoms with E-state index in [1.54, 1.807) is 0 Å². The van der Waals surface area contributed by atoms with Gasteiger partial charge in [0.2, 0.25) is 5.91 Å². The van der Waals surface area contributed by atoms with E-state index in [2.05, 4.69) is 19.1 Å². The van der Waals surface area contributed by atoms with Gasteiger partial charge in [0.1, 0.15) is 0 Å². The maximum atomic E-state index is 12.4. The molecule has 0 bridgehead atoms. The Labute approximate surface area is 114 Å². The summed E-state index contributed by atoms with van der Waals surface area (Å²) in [5.41, 5.74) is 8.22. The molecule has 1 aliphatic carbocycles. The molecule has 0 radical (unpaired) electrons. The van der Waals surface area contributed by atoms with E-state index < -0.39 is 0 Å². The summed E-state index contributed by atoms with van der Waals surface area (Å²) in [7, 11) is 0. The van der Waals surface area contributed by atoms with Crippen molar-refractivity contribution in [1.82, 2.24) is 0 Å². The fourth-order valence-electron chi connectivity index (χ4n) is 3.65. The number of nitrogens with zero attached hydrogens (tertiary/aromatic N) is 1. The van der Waals surface area contributed by atoms with Gasteiger partial charge >= 0.3 is 0 Å². The second-order valence-electron chi connectivity index (χ2n) is 6.05. The standard InChI is InChI=1S/C16H22N2O/c1-11-6-7-13(10-17)15(8-11)18-14-5-3-2-4-12(14)9-16(18)19/h2-5,11,13,15H,6-10,17H2,1H3. The molecule has 1 aromatic rings. The van der Waals surface area contributed by atoms with Crippen molar-refractivity contribution in [3.05, 3.63) is 29.8 Å². The lowest BCUT2D eigenvalue weighted by atomic mass is 9.78. The normalized spacial score (nSPS) is 30.5. The quantitative estimate of drug-likeness (QED) is 0.885. The number of carbonyl (C=O) groups is 1. The molecule has 2 aliphatic rings. The van der Waals surface area contributed by atoms with Crippen LogP contribution >= 0.6 is 0 Å². The van der Waals surface area contributed by atoms with Crippen molar-refractivity contribution in [1.29, 1.82) is 0 Å². The molecule has 3 atom stereocenters. The third-order valence-corrected chi connectivity index (χ3v) is 4.71. The van der Waals surface area contributed by atoms with E-state index in [1.807, 2.05) is 17.0 Å². The van der Waals surface area contributed by atoms with Crippen molar-refractivity contribution in [2.75, 3.05) is 11.4 Å². The van der Waals surface area contributed by atoms with E-state index in [1.165, 1.54) is 12.0 Å². The van der Waals surface area contributed by atoms with Crippen LogP contribution < -0.4 is 10.6 Å². The number of anilines is 1. The van der Waals surface area contributed by atoms with Crippen LogP contribution in [0.2, 0.25) is 0 Å². The Morgan fingerprint density at radius 2 is 2.11 bits per heavy atom. The first-order chi connectivity index (χ1) is 9.20. The number of amides is 1. The fourth-order valence-corrected chi connectivity index (χ4v) is 3.65. The van der Waals surface area contributed by atoms with Crippen molar-refractivity contribution in [2.24, 2.45) is 17.6 Å². The molecule has 3 unspecified atom stereocenters. The SMILES string of the molecule is CC1CCC(CN)C(N2C(=O)Cc3ccccc32)C1. The number of nitrogens with two attached hydrogens (primary N) is 1. The Morgan fingerprint density at radius 3 is 2.89 bits per heavy atom. The Hall–Kier alpha value is -1.35. The second kappa shape index (κ2) is 4.97. The van der Waals surface area contributed by atoms with Gasteiger partial charge in [0.25, 0.3) is 0 Å². The Kier molecular flexibility index (Phi) is 3.31. The molecule has 1 amide bonds. The average molecular weight is 258 g/mol. The molecule has 1 fully saturated rings. The molecule has 1 aliphatic heterocycles. The molecular weight excluding hydrogens is 236 g/mol. The summed E-state index contributed by atoms with van der Waals surface area (Å²) >= 11 is 0. The largest absolute Gasteiger partial charge is 0.330 e. The molecule has 1 heterocycles. The summed E-state index contributed by atoms with van der Waals surface area (Å²) in [6.07, 6.45) is 4.02. The number of hydrogen-bond acceptors (Lipinski definition) is 2. The molecule has 0 saturated heterocycles. The zero-order valence-corrected chi connectivity index (χ0v) is 11.5. The van der Waals surface area contributed by atoms with E-state index in [9.17, 15) is 4.79 Å². The lowest BCUT2D eigenvalue weighted by Crippen LogP contribution is -2.48. The molecule has 3 nitrogen and oxygen atoms in total. The predicted molar refractivity (Wildman–Crippen MR) is 77.0 cm³/mol. The fraction of sp³-hybridized carbons (Fsp3) is 0.562. The number of para-hydroxylation sites is 1. The van der Waals surface area contributed by atoms with E-state index in [-0.39, 0.29) is 5.91 Å². The van der Waals surface area contributed by atoms with Gasteiger partial charge in [-0.05, 0) is 42.9 Å². The van der Waals surface area contributed by atoms with Crippen LogP contribution in [0.4, 0.5) is 5.69 Å². The van der Waals surface area contributed by atoms with Crippen molar-refractivity contribution >= 4 is 11.6 Å². The Balaban J connectivity index is 1.93. The van der Waals surface area contributed by atoms with E-state index in [0.29, 0.717) is 30.8 Å². The van der Waals surface area contributed by atoms with Gasteiger partial charge in [-0.1, -0.05) is 31.5 Å². The number of rotatable bonds is 2. The number of benzene rings is 1. The molecule has 102 valence electrons. The predicted octanol–water partition coefficient (Wildman–Crippen LogP) is 2.34. The van der Waals surface area contributed by atoms with E-state index >= 15 is 0 Å². The maximum Gasteiger partial charge on any atom is 0.231 e. The third kappa shape index (κ3) is 2.16. The smallest absolute Gasteiger partial charge is 0.231 e. The minimum absolute atomic E-state index is 0.249.